The van der Waals surface area contributed by atoms with E-state index in [4.69, 9.17) is 0 Å². The van der Waals surface area contributed by atoms with Gasteiger partial charge in [-0.2, -0.15) is 0 Å². The van der Waals surface area contributed by atoms with E-state index in [0.29, 0.717) is 36.9 Å². The number of fused-ring (bicyclic) bond motifs is 5. The third-order valence-corrected chi connectivity index (χ3v) is 7.61. The smallest absolute Gasteiger partial charge is 0.155 e. The van der Waals surface area contributed by atoms with Crippen LogP contribution in [-0.2, 0) is 9.59 Å². The van der Waals surface area contributed by atoms with E-state index in [1.54, 1.807) is 0 Å². The highest BCUT2D eigenvalue weighted by molar-refractivity contribution is 5.91. The first kappa shape index (κ1) is 14.6. The van der Waals surface area contributed by atoms with Gasteiger partial charge in [-0.25, -0.2) is 0 Å². The molecule has 3 fully saturated rings. The average molecular weight is 302 g/mol. The summed E-state index contributed by atoms with van der Waals surface area (Å²) in [7, 11) is 0. The van der Waals surface area contributed by atoms with Crippen molar-refractivity contribution in [3.8, 4) is 0 Å². The van der Waals surface area contributed by atoms with Gasteiger partial charge < -0.3 is 5.11 Å². The van der Waals surface area contributed by atoms with E-state index >= 15 is 0 Å². The fourth-order valence-corrected chi connectivity index (χ4v) is 6.46. The Bertz CT molecular complexity index is 577. The third kappa shape index (κ3) is 1.72. The topological polar surface area (TPSA) is 54.4 Å². The van der Waals surface area contributed by atoms with Gasteiger partial charge in [-0.05, 0) is 61.3 Å². The van der Waals surface area contributed by atoms with E-state index in [-0.39, 0.29) is 22.5 Å². The summed E-state index contributed by atoms with van der Waals surface area (Å²) in [4.78, 5) is 24.2. The van der Waals surface area contributed by atoms with Gasteiger partial charge >= 0.3 is 0 Å². The number of hydrogen-bond acceptors (Lipinski definition) is 3. The highest BCUT2D eigenvalue weighted by Gasteiger charge is 2.61. The van der Waals surface area contributed by atoms with Crippen LogP contribution in [0.25, 0.3) is 0 Å². The zero-order chi connectivity index (χ0) is 15.7. The van der Waals surface area contributed by atoms with Gasteiger partial charge in [-0.1, -0.05) is 19.4 Å². The maximum absolute atomic E-state index is 12.4. The summed E-state index contributed by atoms with van der Waals surface area (Å²) < 4.78 is 0. The van der Waals surface area contributed by atoms with Crippen LogP contribution in [0.5, 0.6) is 0 Å². The minimum Gasteiger partial charge on any atom is -0.393 e. The summed E-state index contributed by atoms with van der Waals surface area (Å²) in [6.07, 6.45) is 7.24. The zero-order valence-electron chi connectivity index (χ0n) is 13.6. The first-order valence-corrected chi connectivity index (χ1v) is 8.81. The molecule has 3 heteroatoms. The molecule has 6 atom stereocenters. The number of aliphatic hydroxyl groups excluding tert-OH is 1. The van der Waals surface area contributed by atoms with Crippen LogP contribution < -0.4 is 0 Å². The molecule has 0 bridgehead atoms. The van der Waals surface area contributed by atoms with E-state index in [0.717, 1.165) is 25.7 Å². The molecule has 0 amide bonds. The quantitative estimate of drug-likeness (QED) is 0.748. The van der Waals surface area contributed by atoms with Crippen LogP contribution in [0.15, 0.2) is 11.6 Å². The molecule has 0 aromatic carbocycles. The standard InChI is InChI=1S/C19H26O3/c1-18-8-7-12(20)9-11(18)3-4-13-14-5-6-16(22)19(14,2)10-15(21)17(13)18/h9,13-15,17,21H,3-8,10H2,1-2H3/t13-,14-,15-,17-,18+,19-/m0/s1. The number of allylic oxidation sites excluding steroid dienone is 1. The Morgan fingerprint density at radius 1 is 1.09 bits per heavy atom. The molecule has 3 nitrogen and oxygen atoms in total. The van der Waals surface area contributed by atoms with Gasteiger partial charge in [-0.15, -0.1) is 0 Å². The second-order valence-corrected chi connectivity index (χ2v) is 8.54. The third-order valence-electron chi connectivity index (χ3n) is 7.61. The Balaban J connectivity index is 1.75. The SMILES string of the molecule is C[C@@]12CCC(=O)C=C1CC[C@@H]1[C@H]2[C@@H](O)C[C@]2(C)C(=O)CC[C@@H]12. The zero-order valence-corrected chi connectivity index (χ0v) is 13.6. The van der Waals surface area contributed by atoms with Crippen molar-refractivity contribution in [3.05, 3.63) is 11.6 Å². The molecule has 0 radical (unpaired) electrons. The number of carbonyl (C=O) groups is 2. The predicted molar refractivity (Wildman–Crippen MR) is 83.1 cm³/mol. The van der Waals surface area contributed by atoms with Crippen molar-refractivity contribution in [1.29, 1.82) is 0 Å². The largest absolute Gasteiger partial charge is 0.393 e. The number of rotatable bonds is 0. The Morgan fingerprint density at radius 3 is 2.64 bits per heavy atom. The summed E-state index contributed by atoms with van der Waals surface area (Å²) >= 11 is 0. The highest BCUT2D eigenvalue weighted by atomic mass is 16.3. The van der Waals surface area contributed by atoms with Crippen molar-refractivity contribution in [2.75, 3.05) is 0 Å². The van der Waals surface area contributed by atoms with Crippen LogP contribution >= 0.6 is 0 Å². The van der Waals surface area contributed by atoms with Crippen molar-refractivity contribution in [3.63, 3.8) is 0 Å². The molecule has 3 saturated carbocycles. The van der Waals surface area contributed by atoms with Gasteiger partial charge in [0, 0.05) is 18.3 Å². The molecule has 0 heterocycles. The lowest BCUT2D eigenvalue weighted by atomic mass is 9.46. The van der Waals surface area contributed by atoms with Crippen molar-refractivity contribution >= 4 is 11.6 Å². The molecule has 0 unspecified atom stereocenters. The Kier molecular flexibility index (Phi) is 3.01. The summed E-state index contributed by atoms with van der Waals surface area (Å²) in [5.74, 6) is 1.71. The summed E-state index contributed by atoms with van der Waals surface area (Å²) in [6, 6.07) is 0. The molecule has 22 heavy (non-hydrogen) atoms. The second-order valence-electron chi connectivity index (χ2n) is 8.54. The molecule has 4 rings (SSSR count). The molecular weight excluding hydrogens is 276 g/mol. The minimum absolute atomic E-state index is 0.0385. The number of carbonyl (C=O) groups excluding carboxylic acids is 2. The fourth-order valence-electron chi connectivity index (χ4n) is 6.46. The van der Waals surface area contributed by atoms with Crippen molar-refractivity contribution < 1.29 is 14.7 Å². The molecular formula is C19H26O3. The van der Waals surface area contributed by atoms with Crippen LogP contribution in [0.4, 0.5) is 0 Å². The number of ketones is 2. The average Bonchev–Trinajstić information content (AvgIpc) is 2.75. The maximum Gasteiger partial charge on any atom is 0.155 e. The van der Waals surface area contributed by atoms with Gasteiger partial charge in [0.15, 0.2) is 5.78 Å². The lowest BCUT2D eigenvalue weighted by Crippen LogP contribution is -2.56. The molecule has 0 spiro atoms. The Hall–Kier alpha value is -0.960. The summed E-state index contributed by atoms with van der Waals surface area (Å²) in [5.41, 5.74) is 0.920. The fraction of sp³-hybridized carbons (Fsp3) is 0.789. The van der Waals surface area contributed by atoms with E-state index in [9.17, 15) is 14.7 Å². The molecule has 120 valence electrons. The number of aliphatic hydroxyl groups is 1. The highest BCUT2D eigenvalue weighted by Crippen LogP contribution is 2.64. The molecule has 1 N–H and O–H groups in total. The van der Waals surface area contributed by atoms with Gasteiger partial charge in [0.2, 0.25) is 0 Å². The van der Waals surface area contributed by atoms with Crippen molar-refractivity contribution in [2.24, 2.45) is 28.6 Å². The molecule has 0 saturated heterocycles. The lowest BCUT2D eigenvalue weighted by Gasteiger charge is -2.58. The van der Waals surface area contributed by atoms with Crippen LogP contribution in [-0.4, -0.2) is 22.8 Å². The van der Waals surface area contributed by atoms with Gasteiger partial charge in [0.05, 0.1) is 6.10 Å². The number of hydrogen-bond donors (Lipinski definition) is 1. The van der Waals surface area contributed by atoms with Gasteiger partial charge in [0.1, 0.15) is 5.78 Å². The lowest BCUT2D eigenvalue weighted by molar-refractivity contribution is -0.147. The van der Waals surface area contributed by atoms with Crippen molar-refractivity contribution in [2.45, 2.75) is 64.9 Å². The first-order valence-electron chi connectivity index (χ1n) is 8.81. The first-order chi connectivity index (χ1) is 10.4. The predicted octanol–water partition coefficient (Wildman–Crippen LogP) is 3.06. The Morgan fingerprint density at radius 2 is 1.86 bits per heavy atom. The van der Waals surface area contributed by atoms with E-state index in [1.807, 2.05) is 6.08 Å². The van der Waals surface area contributed by atoms with Crippen LogP contribution in [0.1, 0.15) is 58.8 Å². The van der Waals surface area contributed by atoms with Gasteiger partial charge in [-0.3, -0.25) is 9.59 Å². The van der Waals surface area contributed by atoms with Gasteiger partial charge in [0.25, 0.3) is 0 Å². The molecule has 0 aromatic heterocycles. The monoisotopic (exact) mass is 302 g/mol. The van der Waals surface area contributed by atoms with E-state index in [2.05, 4.69) is 13.8 Å². The second kappa shape index (κ2) is 4.53. The molecule has 4 aliphatic rings. The van der Waals surface area contributed by atoms with Crippen LogP contribution in [0, 0.1) is 28.6 Å². The Labute approximate surface area is 132 Å². The number of Topliss-reactive ketones (excluding diaryl/α,β-unsaturated/α-hetero) is 1. The van der Waals surface area contributed by atoms with E-state index < -0.39 is 6.10 Å². The normalized spacial score (nSPS) is 51.0. The van der Waals surface area contributed by atoms with Crippen LogP contribution in [0.3, 0.4) is 0 Å². The van der Waals surface area contributed by atoms with Crippen molar-refractivity contribution in [1.82, 2.24) is 0 Å². The molecule has 4 aliphatic carbocycles. The minimum atomic E-state index is -0.407. The maximum atomic E-state index is 12.4. The van der Waals surface area contributed by atoms with E-state index in [1.165, 1.54) is 5.57 Å². The summed E-state index contributed by atoms with van der Waals surface area (Å²) in [5, 5.41) is 10.9. The van der Waals surface area contributed by atoms with Crippen LogP contribution in [0.2, 0.25) is 0 Å². The summed E-state index contributed by atoms with van der Waals surface area (Å²) in [6.45, 7) is 4.34. The molecule has 0 aliphatic heterocycles. The molecule has 0 aromatic rings.